The maximum atomic E-state index is 5.58. The highest BCUT2D eigenvalue weighted by Gasteiger charge is 1.92. The van der Waals surface area contributed by atoms with Gasteiger partial charge in [-0.25, -0.2) is 0 Å². The largest absolute Gasteiger partial charge is 0.494 e. The highest BCUT2D eigenvalue weighted by Crippen LogP contribution is 2.07. The first-order valence-electron chi connectivity index (χ1n) is 6.50. The number of hydrogen-bond donors (Lipinski definition) is 1. The van der Waals surface area contributed by atoms with Crippen LogP contribution in [0.15, 0.2) is 43.0 Å². The van der Waals surface area contributed by atoms with Crippen molar-refractivity contribution in [3.63, 3.8) is 0 Å². The fourth-order valence-corrected chi connectivity index (χ4v) is 1.44. The van der Waals surface area contributed by atoms with Gasteiger partial charge in [0.1, 0.15) is 5.75 Å². The van der Waals surface area contributed by atoms with Gasteiger partial charge < -0.3 is 14.8 Å². The highest BCUT2D eigenvalue weighted by atomic mass is 16.5. The van der Waals surface area contributed by atoms with Crippen LogP contribution in [0.4, 0.5) is 0 Å². The Hall–Kier alpha value is -1.32. The number of ether oxygens (including phenoxy) is 2. The highest BCUT2D eigenvalue weighted by molar-refractivity contribution is 5.20. The van der Waals surface area contributed by atoms with Gasteiger partial charge in [0.05, 0.1) is 19.8 Å². The van der Waals surface area contributed by atoms with Gasteiger partial charge in [-0.15, -0.1) is 6.58 Å². The molecule has 18 heavy (non-hydrogen) atoms. The van der Waals surface area contributed by atoms with E-state index in [1.165, 1.54) is 0 Å². The average Bonchev–Trinajstić information content (AvgIpc) is 2.42. The summed E-state index contributed by atoms with van der Waals surface area (Å²) >= 11 is 0. The molecule has 0 atom stereocenters. The van der Waals surface area contributed by atoms with E-state index in [0.29, 0.717) is 0 Å². The molecular weight excluding hydrogens is 226 g/mol. The van der Waals surface area contributed by atoms with Gasteiger partial charge in [0.25, 0.3) is 0 Å². The van der Waals surface area contributed by atoms with E-state index in [2.05, 4.69) is 11.9 Å². The summed E-state index contributed by atoms with van der Waals surface area (Å²) in [4.78, 5) is 0. The molecule has 0 aliphatic heterocycles. The fourth-order valence-electron chi connectivity index (χ4n) is 1.44. The number of benzene rings is 1. The molecule has 3 heteroatoms. The van der Waals surface area contributed by atoms with Crippen molar-refractivity contribution in [3.05, 3.63) is 43.0 Å². The van der Waals surface area contributed by atoms with Gasteiger partial charge in [-0.1, -0.05) is 24.3 Å². The van der Waals surface area contributed by atoms with Crippen LogP contribution in [0.2, 0.25) is 0 Å². The van der Waals surface area contributed by atoms with Crippen LogP contribution in [0.3, 0.4) is 0 Å². The predicted molar refractivity (Wildman–Crippen MR) is 75.1 cm³/mol. The van der Waals surface area contributed by atoms with Gasteiger partial charge in [0.15, 0.2) is 0 Å². The quantitative estimate of drug-likeness (QED) is 0.483. The molecule has 0 aromatic heterocycles. The molecule has 0 saturated carbocycles. The van der Waals surface area contributed by atoms with Crippen molar-refractivity contribution in [1.82, 2.24) is 5.32 Å². The summed E-state index contributed by atoms with van der Waals surface area (Å²) in [6, 6.07) is 9.89. The molecule has 1 N–H and O–H groups in total. The lowest BCUT2D eigenvalue weighted by molar-refractivity contribution is 0.140. The molecule has 3 nitrogen and oxygen atoms in total. The van der Waals surface area contributed by atoms with Gasteiger partial charge in [-0.3, -0.25) is 0 Å². The monoisotopic (exact) mass is 249 g/mol. The lowest BCUT2D eigenvalue weighted by atomic mass is 10.3. The molecular formula is C15H23NO2. The SMILES string of the molecule is C=CCCOCCNCCCOc1ccccc1. The van der Waals surface area contributed by atoms with Crippen LogP contribution in [0.5, 0.6) is 5.75 Å². The van der Waals surface area contributed by atoms with Gasteiger partial charge in [-0.05, 0) is 31.5 Å². The number of para-hydroxylation sites is 1. The van der Waals surface area contributed by atoms with Crippen molar-refractivity contribution in [3.8, 4) is 5.75 Å². The lowest BCUT2D eigenvalue weighted by Crippen LogP contribution is -2.22. The number of rotatable bonds is 11. The Balaban J connectivity index is 1.83. The maximum Gasteiger partial charge on any atom is 0.119 e. The summed E-state index contributed by atoms with van der Waals surface area (Å²) in [5, 5.41) is 3.32. The maximum absolute atomic E-state index is 5.58. The normalized spacial score (nSPS) is 10.2. The smallest absolute Gasteiger partial charge is 0.119 e. The molecule has 0 spiro atoms. The van der Waals surface area contributed by atoms with Crippen molar-refractivity contribution in [2.24, 2.45) is 0 Å². The van der Waals surface area contributed by atoms with Crippen LogP contribution < -0.4 is 10.1 Å². The Morgan fingerprint density at radius 2 is 1.89 bits per heavy atom. The van der Waals surface area contributed by atoms with Crippen LogP contribution in [0.25, 0.3) is 0 Å². The molecule has 0 aliphatic carbocycles. The summed E-state index contributed by atoms with van der Waals surface area (Å²) in [6.45, 7) is 7.76. The molecule has 100 valence electrons. The first-order valence-corrected chi connectivity index (χ1v) is 6.50. The molecule has 0 aliphatic rings. The van der Waals surface area contributed by atoms with Crippen molar-refractivity contribution >= 4 is 0 Å². The minimum Gasteiger partial charge on any atom is -0.494 e. The van der Waals surface area contributed by atoms with Crippen LogP contribution in [-0.4, -0.2) is 32.9 Å². The third-order valence-corrected chi connectivity index (χ3v) is 2.40. The zero-order valence-corrected chi connectivity index (χ0v) is 10.9. The molecule has 0 bridgehead atoms. The van der Waals surface area contributed by atoms with E-state index in [9.17, 15) is 0 Å². The zero-order chi connectivity index (χ0) is 12.9. The minimum absolute atomic E-state index is 0.744. The van der Waals surface area contributed by atoms with Crippen LogP contribution in [-0.2, 0) is 4.74 Å². The molecule has 0 heterocycles. The molecule has 0 saturated heterocycles. The summed E-state index contributed by atoms with van der Waals surface area (Å²) in [6.07, 6.45) is 3.79. The van der Waals surface area contributed by atoms with Crippen LogP contribution in [0, 0.1) is 0 Å². The molecule has 1 rings (SSSR count). The van der Waals surface area contributed by atoms with E-state index in [1.54, 1.807) is 0 Å². The molecule has 1 aromatic rings. The lowest BCUT2D eigenvalue weighted by Gasteiger charge is -2.07. The second kappa shape index (κ2) is 10.8. The number of nitrogens with one attached hydrogen (secondary N) is 1. The van der Waals surface area contributed by atoms with Gasteiger partial charge in [0, 0.05) is 6.54 Å². The minimum atomic E-state index is 0.744. The summed E-state index contributed by atoms with van der Waals surface area (Å²) < 4.78 is 11.0. The Bertz CT molecular complexity index is 301. The van der Waals surface area contributed by atoms with Crippen LogP contribution >= 0.6 is 0 Å². The standard InChI is InChI=1S/C15H23NO2/c1-2-3-12-17-14-11-16-10-7-13-18-15-8-5-4-6-9-15/h2,4-6,8-9,16H,1,3,7,10-14H2. The Morgan fingerprint density at radius 3 is 2.67 bits per heavy atom. The Kier molecular flexibility index (Phi) is 8.85. The van der Waals surface area contributed by atoms with Gasteiger partial charge in [-0.2, -0.15) is 0 Å². The van der Waals surface area contributed by atoms with Crippen LogP contribution in [0.1, 0.15) is 12.8 Å². The molecule has 0 radical (unpaired) electrons. The van der Waals surface area contributed by atoms with E-state index >= 15 is 0 Å². The molecule has 0 amide bonds. The molecule has 0 unspecified atom stereocenters. The summed E-state index contributed by atoms with van der Waals surface area (Å²) in [7, 11) is 0. The predicted octanol–water partition coefficient (Wildman–Crippen LogP) is 2.64. The number of hydrogen-bond acceptors (Lipinski definition) is 3. The van der Waals surface area contributed by atoms with Crippen molar-refractivity contribution in [2.45, 2.75) is 12.8 Å². The van der Waals surface area contributed by atoms with Gasteiger partial charge >= 0.3 is 0 Å². The Morgan fingerprint density at radius 1 is 1.06 bits per heavy atom. The molecule has 0 fully saturated rings. The zero-order valence-electron chi connectivity index (χ0n) is 10.9. The van der Waals surface area contributed by atoms with E-state index in [4.69, 9.17) is 9.47 Å². The average molecular weight is 249 g/mol. The first kappa shape index (κ1) is 14.7. The third kappa shape index (κ3) is 7.87. The topological polar surface area (TPSA) is 30.5 Å². The van der Waals surface area contributed by atoms with E-state index < -0.39 is 0 Å². The second-order valence-electron chi connectivity index (χ2n) is 3.95. The van der Waals surface area contributed by atoms with E-state index in [-0.39, 0.29) is 0 Å². The Labute approximate surface area is 110 Å². The van der Waals surface area contributed by atoms with Crippen molar-refractivity contribution in [2.75, 3.05) is 32.9 Å². The molecule has 1 aromatic carbocycles. The second-order valence-corrected chi connectivity index (χ2v) is 3.95. The van der Waals surface area contributed by atoms with Gasteiger partial charge in [0.2, 0.25) is 0 Å². The third-order valence-electron chi connectivity index (χ3n) is 2.40. The summed E-state index contributed by atoms with van der Waals surface area (Å²) in [5.74, 6) is 0.935. The van der Waals surface area contributed by atoms with Crippen molar-refractivity contribution in [1.29, 1.82) is 0 Å². The van der Waals surface area contributed by atoms with E-state index in [0.717, 1.165) is 51.5 Å². The van der Waals surface area contributed by atoms with E-state index in [1.807, 2.05) is 36.4 Å². The first-order chi connectivity index (χ1) is 8.93. The van der Waals surface area contributed by atoms with Crippen molar-refractivity contribution < 1.29 is 9.47 Å². The fraction of sp³-hybridized carbons (Fsp3) is 0.467. The summed E-state index contributed by atoms with van der Waals surface area (Å²) in [5.41, 5.74) is 0.